The molecule has 0 aliphatic carbocycles. The van der Waals surface area contributed by atoms with Crippen LogP contribution >= 0.6 is 15.9 Å². The minimum atomic E-state index is -3.58. The van der Waals surface area contributed by atoms with Crippen LogP contribution in [0.15, 0.2) is 53.0 Å². The number of amides is 1. The van der Waals surface area contributed by atoms with E-state index in [4.69, 9.17) is 0 Å². The van der Waals surface area contributed by atoms with Crippen molar-refractivity contribution in [2.75, 3.05) is 22.4 Å². The van der Waals surface area contributed by atoms with Crippen molar-refractivity contribution in [2.24, 2.45) is 0 Å². The second-order valence-corrected chi connectivity index (χ2v) is 7.99. The highest BCUT2D eigenvalue weighted by Gasteiger charge is 2.21. The lowest BCUT2D eigenvalue weighted by molar-refractivity contribution is -0.114. The van der Waals surface area contributed by atoms with Gasteiger partial charge in [0, 0.05) is 10.2 Å². The molecule has 0 saturated heterocycles. The molecule has 0 atom stereocenters. The molecule has 5 nitrogen and oxygen atoms in total. The summed E-state index contributed by atoms with van der Waals surface area (Å²) in [5.41, 5.74) is 2.14. The third-order valence-corrected chi connectivity index (χ3v) is 4.75. The molecule has 0 aromatic heterocycles. The lowest BCUT2D eigenvalue weighted by Gasteiger charge is -2.22. The Hall–Kier alpha value is -1.86. The summed E-state index contributed by atoms with van der Waals surface area (Å²) in [5, 5.41) is 2.70. The highest BCUT2D eigenvalue weighted by atomic mass is 79.9. The van der Waals surface area contributed by atoms with Crippen LogP contribution in [0.2, 0.25) is 0 Å². The van der Waals surface area contributed by atoms with Crippen LogP contribution in [0.3, 0.4) is 0 Å². The van der Waals surface area contributed by atoms with Crippen LogP contribution < -0.4 is 9.62 Å². The van der Waals surface area contributed by atoms with E-state index >= 15 is 0 Å². The van der Waals surface area contributed by atoms with Crippen LogP contribution in [0.1, 0.15) is 5.56 Å². The molecule has 0 unspecified atom stereocenters. The zero-order valence-electron chi connectivity index (χ0n) is 12.8. The van der Waals surface area contributed by atoms with Crippen molar-refractivity contribution in [3.63, 3.8) is 0 Å². The smallest absolute Gasteiger partial charge is 0.245 e. The van der Waals surface area contributed by atoms with Gasteiger partial charge in [0.15, 0.2) is 0 Å². The first kappa shape index (κ1) is 17.5. The largest absolute Gasteiger partial charge is 0.325 e. The third-order valence-electron chi connectivity index (χ3n) is 3.12. The van der Waals surface area contributed by atoms with Crippen LogP contribution in [0.25, 0.3) is 0 Å². The molecule has 0 spiro atoms. The van der Waals surface area contributed by atoms with E-state index in [0.29, 0.717) is 11.4 Å². The van der Waals surface area contributed by atoms with Crippen molar-refractivity contribution in [1.29, 1.82) is 0 Å². The molecule has 2 aromatic carbocycles. The zero-order valence-corrected chi connectivity index (χ0v) is 15.2. The predicted molar refractivity (Wildman–Crippen MR) is 96.1 cm³/mol. The first-order chi connectivity index (χ1) is 10.8. The molecule has 7 heteroatoms. The van der Waals surface area contributed by atoms with Crippen LogP contribution in [0.5, 0.6) is 0 Å². The SMILES string of the molecule is Cc1ccc(NC(=O)CN(c2cccc(Br)c2)S(C)(=O)=O)cc1. The highest BCUT2D eigenvalue weighted by molar-refractivity contribution is 9.10. The van der Waals surface area contributed by atoms with E-state index in [1.165, 1.54) is 0 Å². The zero-order chi connectivity index (χ0) is 17.0. The summed E-state index contributed by atoms with van der Waals surface area (Å²) in [6, 6.07) is 14.1. The fraction of sp³-hybridized carbons (Fsp3) is 0.188. The molecule has 0 aliphatic heterocycles. The Morgan fingerprint density at radius 1 is 1.17 bits per heavy atom. The van der Waals surface area contributed by atoms with E-state index in [-0.39, 0.29) is 6.54 Å². The molecule has 1 amide bonds. The number of aryl methyl sites for hydroxylation is 1. The Bertz CT molecular complexity index is 804. The summed E-state index contributed by atoms with van der Waals surface area (Å²) in [6.45, 7) is 1.66. The number of carbonyl (C=O) groups excluding carboxylic acids is 1. The summed E-state index contributed by atoms with van der Waals surface area (Å²) in [6.07, 6.45) is 1.08. The van der Waals surface area contributed by atoms with Gasteiger partial charge in [-0.25, -0.2) is 8.42 Å². The molecular weight excluding hydrogens is 380 g/mol. The maximum absolute atomic E-state index is 12.2. The molecule has 2 rings (SSSR count). The molecule has 0 heterocycles. The van der Waals surface area contributed by atoms with Gasteiger partial charge >= 0.3 is 0 Å². The fourth-order valence-electron chi connectivity index (χ4n) is 2.00. The van der Waals surface area contributed by atoms with Gasteiger partial charge in [-0.2, -0.15) is 0 Å². The molecule has 1 N–H and O–H groups in total. The summed E-state index contributed by atoms with van der Waals surface area (Å²) in [4.78, 5) is 12.2. The average Bonchev–Trinajstić information content (AvgIpc) is 2.46. The summed E-state index contributed by atoms with van der Waals surface area (Å²) < 4.78 is 25.8. The van der Waals surface area contributed by atoms with Crippen molar-refractivity contribution in [2.45, 2.75) is 6.92 Å². The number of sulfonamides is 1. The van der Waals surface area contributed by atoms with Crippen molar-refractivity contribution in [1.82, 2.24) is 0 Å². The van der Waals surface area contributed by atoms with Gasteiger partial charge in [-0.3, -0.25) is 9.10 Å². The molecule has 0 aliphatic rings. The molecule has 2 aromatic rings. The molecule has 23 heavy (non-hydrogen) atoms. The number of halogens is 1. The van der Waals surface area contributed by atoms with Crippen molar-refractivity contribution in [3.05, 3.63) is 58.6 Å². The van der Waals surface area contributed by atoms with Gasteiger partial charge in [0.2, 0.25) is 15.9 Å². The molecule has 122 valence electrons. The number of nitrogens with zero attached hydrogens (tertiary/aromatic N) is 1. The van der Waals surface area contributed by atoms with Crippen LogP contribution in [0.4, 0.5) is 11.4 Å². The highest BCUT2D eigenvalue weighted by Crippen LogP contribution is 2.22. The molecule has 0 fully saturated rings. The van der Waals surface area contributed by atoms with Gasteiger partial charge in [0.25, 0.3) is 0 Å². The molecular formula is C16H17BrN2O3S. The summed E-state index contributed by atoms with van der Waals surface area (Å²) in [7, 11) is -3.58. The quantitative estimate of drug-likeness (QED) is 0.843. The fourth-order valence-corrected chi connectivity index (χ4v) is 3.23. The van der Waals surface area contributed by atoms with Crippen molar-refractivity contribution >= 4 is 43.2 Å². The molecule has 0 saturated carbocycles. The van der Waals surface area contributed by atoms with Gasteiger partial charge in [-0.15, -0.1) is 0 Å². The number of hydrogen-bond acceptors (Lipinski definition) is 3. The van der Waals surface area contributed by atoms with E-state index in [1.807, 2.05) is 19.1 Å². The monoisotopic (exact) mass is 396 g/mol. The Kier molecular flexibility index (Phi) is 5.43. The lowest BCUT2D eigenvalue weighted by Crippen LogP contribution is -2.37. The van der Waals surface area contributed by atoms with E-state index in [9.17, 15) is 13.2 Å². The normalized spacial score (nSPS) is 11.1. The van der Waals surface area contributed by atoms with E-state index in [1.54, 1.807) is 36.4 Å². The summed E-state index contributed by atoms with van der Waals surface area (Å²) in [5.74, 6) is -0.403. The predicted octanol–water partition coefficient (Wildman–Crippen LogP) is 3.16. The Balaban J connectivity index is 2.18. The number of benzene rings is 2. The summed E-state index contributed by atoms with van der Waals surface area (Å²) >= 11 is 3.30. The van der Waals surface area contributed by atoms with Gasteiger partial charge in [-0.1, -0.05) is 39.7 Å². The first-order valence-electron chi connectivity index (χ1n) is 6.85. The number of rotatable bonds is 5. The number of hydrogen-bond donors (Lipinski definition) is 1. The standard InChI is InChI=1S/C16H17BrN2O3S/c1-12-6-8-14(9-7-12)18-16(20)11-19(23(2,21)22)15-5-3-4-13(17)10-15/h3-10H,11H2,1-2H3,(H,18,20). The Labute approximate surface area is 144 Å². The number of carbonyl (C=O) groups is 1. The van der Waals surface area contributed by atoms with Gasteiger partial charge in [0.05, 0.1) is 11.9 Å². The van der Waals surface area contributed by atoms with Crippen LogP contribution in [-0.4, -0.2) is 27.1 Å². The Morgan fingerprint density at radius 2 is 1.83 bits per heavy atom. The van der Waals surface area contributed by atoms with Crippen LogP contribution in [-0.2, 0) is 14.8 Å². The topological polar surface area (TPSA) is 66.5 Å². The minimum absolute atomic E-state index is 0.289. The van der Waals surface area contributed by atoms with Crippen molar-refractivity contribution in [3.8, 4) is 0 Å². The second kappa shape index (κ2) is 7.14. The van der Waals surface area contributed by atoms with Gasteiger partial charge in [0.1, 0.15) is 6.54 Å². The third kappa shape index (κ3) is 5.07. The second-order valence-electron chi connectivity index (χ2n) is 5.16. The number of nitrogens with one attached hydrogen (secondary N) is 1. The molecule has 0 radical (unpaired) electrons. The van der Waals surface area contributed by atoms with Crippen LogP contribution in [0, 0.1) is 6.92 Å². The lowest BCUT2D eigenvalue weighted by atomic mass is 10.2. The first-order valence-corrected chi connectivity index (χ1v) is 9.49. The molecule has 0 bridgehead atoms. The van der Waals surface area contributed by atoms with Gasteiger partial charge < -0.3 is 5.32 Å². The van der Waals surface area contributed by atoms with Crippen molar-refractivity contribution < 1.29 is 13.2 Å². The maximum atomic E-state index is 12.2. The number of anilines is 2. The average molecular weight is 397 g/mol. The van der Waals surface area contributed by atoms with Gasteiger partial charge in [-0.05, 0) is 37.3 Å². The maximum Gasteiger partial charge on any atom is 0.245 e. The minimum Gasteiger partial charge on any atom is -0.325 e. The Morgan fingerprint density at radius 3 is 2.39 bits per heavy atom. The van der Waals surface area contributed by atoms with E-state index in [0.717, 1.165) is 20.6 Å². The van der Waals surface area contributed by atoms with E-state index in [2.05, 4.69) is 21.2 Å². The van der Waals surface area contributed by atoms with E-state index < -0.39 is 15.9 Å².